The van der Waals surface area contributed by atoms with Gasteiger partial charge in [0.15, 0.2) is 0 Å². The first-order valence-corrected chi connectivity index (χ1v) is 7.13. The highest BCUT2D eigenvalue weighted by molar-refractivity contribution is 6.37. The number of benzene rings is 1. The van der Waals surface area contributed by atoms with Crippen LogP contribution in [0.15, 0.2) is 12.3 Å². The minimum Gasteiger partial charge on any atom is -0.495 e. The summed E-state index contributed by atoms with van der Waals surface area (Å²) in [6.07, 6.45) is -3.76. The number of carbonyl (C=O) groups is 1. The van der Waals surface area contributed by atoms with E-state index in [2.05, 4.69) is 9.72 Å². The lowest BCUT2D eigenvalue weighted by atomic mass is 10.0. The van der Waals surface area contributed by atoms with Crippen molar-refractivity contribution in [3.8, 4) is 22.8 Å². The van der Waals surface area contributed by atoms with Crippen LogP contribution < -0.4 is 15.2 Å². The molecule has 0 atom stereocenters. The van der Waals surface area contributed by atoms with Gasteiger partial charge < -0.3 is 20.3 Å². The molecule has 0 saturated heterocycles. The van der Waals surface area contributed by atoms with Gasteiger partial charge in [-0.05, 0) is 6.07 Å². The summed E-state index contributed by atoms with van der Waals surface area (Å²) >= 11 is 11.9. The third-order valence-electron chi connectivity index (χ3n) is 3.12. The Morgan fingerprint density at radius 2 is 2.00 bits per heavy atom. The monoisotopic (exact) mass is 396 g/mol. The highest BCUT2D eigenvalue weighted by atomic mass is 35.5. The van der Waals surface area contributed by atoms with Crippen molar-refractivity contribution in [3.05, 3.63) is 33.7 Å². The Hall–Kier alpha value is -2.39. The van der Waals surface area contributed by atoms with E-state index < -0.39 is 45.6 Å². The van der Waals surface area contributed by atoms with E-state index in [1.165, 1.54) is 0 Å². The smallest absolute Gasteiger partial charge is 0.495 e. The quantitative estimate of drug-likeness (QED) is 0.722. The first-order chi connectivity index (χ1) is 11.7. The van der Waals surface area contributed by atoms with Crippen molar-refractivity contribution in [3.63, 3.8) is 0 Å². The van der Waals surface area contributed by atoms with Crippen LogP contribution in [0.5, 0.6) is 11.6 Å². The molecule has 0 bridgehead atoms. The summed E-state index contributed by atoms with van der Waals surface area (Å²) in [6, 6.07) is 0.555. The number of hydrogen-bond donors (Lipinski definition) is 2. The maximum absolute atomic E-state index is 14.4. The Balaban J connectivity index is 2.71. The number of ether oxygens (including phenoxy) is 2. The standard InChI is InChI=1S/C14H9Cl2F3N2O4/c1-24-11-4(12(18)19)2-6(17)7(8(11)15)5-3-21-13(25-14(22)23)9(16)10(5)20/h2-3,12H,1H3,(H2,20,21)(H,22,23). The number of nitrogen functional groups attached to an aromatic ring is 1. The summed E-state index contributed by atoms with van der Waals surface area (Å²) < 4.78 is 49.5. The average Bonchev–Trinajstić information content (AvgIpc) is 2.53. The highest BCUT2D eigenvalue weighted by Crippen LogP contribution is 2.46. The molecule has 0 radical (unpaired) electrons. The maximum Gasteiger partial charge on any atom is 0.512 e. The van der Waals surface area contributed by atoms with Crippen LogP contribution in [0.1, 0.15) is 12.0 Å². The molecule has 134 valence electrons. The summed E-state index contributed by atoms with van der Waals surface area (Å²) in [5, 5.41) is 7.70. The van der Waals surface area contributed by atoms with Gasteiger partial charge in [0.25, 0.3) is 6.43 Å². The Bertz CT molecular complexity index is 850. The molecular weight excluding hydrogens is 388 g/mol. The molecule has 0 amide bonds. The highest BCUT2D eigenvalue weighted by Gasteiger charge is 2.26. The van der Waals surface area contributed by atoms with Crippen molar-refractivity contribution in [2.24, 2.45) is 0 Å². The van der Waals surface area contributed by atoms with Crippen molar-refractivity contribution in [1.29, 1.82) is 0 Å². The van der Waals surface area contributed by atoms with Crippen molar-refractivity contribution in [2.45, 2.75) is 6.43 Å². The van der Waals surface area contributed by atoms with E-state index in [1.54, 1.807) is 0 Å². The fraction of sp³-hybridized carbons (Fsp3) is 0.143. The number of pyridine rings is 1. The zero-order chi connectivity index (χ0) is 18.9. The molecule has 3 N–H and O–H groups in total. The van der Waals surface area contributed by atoms with Crippen LogP contribution in [0.4, 0.5) is 23.7 Å². The zero-order valence-corrected chi connectivity index (χ0v) is 13.8. The number of carboxylic acid groups (broad SMARTS) is 1. The number of anilines is 1. The van der Waals surface area contributed by atoms with Crippen LogP contribution in [0.3, 0.4) is 0 Å². The number of aromatic nitrogens is 1. The van der Waals surface area contributed by atoms with Crippen LogP contribution >= 0.6 is 23.2 Å². The molecular formula is C14H9Cl2F3N2O4. The molecule has 1 heterocycles. The van der Waals surface area contributed by atoms with Gasteiger partial charge in [-0.25, -0.2) is 22.9 Å². The minimum absolute atomic E-state index is 0.149. The van der Waals surface area contributed by atoms with E-state index in [0.29, 0.717) is 6.07 Å². The molecule has 1 aromatic carbocycles. The molecule has 11 heteroatoms. The maximum atomic E-state index is 14.4. The number of rotatable bonds is 4. The number of alkyl halides is 2. The Morgan fingerprint density at radius 3 is 2.52 bits per heavy atom. The van der Waals surface area contributed by atoms with Crippen molar-refractivity contribution in [2.75, 3.05) is 12.8 Å². The molecule has 0 aliphatic heterocycles. The number of nitrogens with two attached hydrogens (primary N) is 1. The lowest BCUT2D eigenvalue weighted by molar-refractivity contribution is 0.142. The molecule has 0 saturated carbocycles. The molecule has 6 nitrogen and oxygen atoms in total. The van der Waals surface area contributed by atoms with Gasteiger partial charge in [-0.2, -0.15) is 0 Å². The molecule has 1 aromatic heterocycles. The lowest BCUT2D eigenvalue weighted by Crippen LogP contribution is -2.07. The molecule has 0 aliphatic carbocycles. The van der Waals surface area contributed by atoms with E-state index in [9.17, 15) is 18.0 Å². The topological polar surface area (TPSA) is 94.7 Å². The van der Waals surface area contributed by atoms with Crippen molar-refractivity contribution < 1.29 is 32.5 Å². The molecule has 0 fully saturated rings. The summed E-state index contributed by atoms with van der Waals surface area (Å²) in [7, 11) is 1.09. The van der Waals surface area contributed by atoms with Crippen LogP contribution in [0.25, 0.3) is 11.1 Å². The largest absolute Gasteiger partial charge is 0.512 e. The van der Waals surface area contributed by atoms with E-state index in [-0.39, 0.29) is 16.8 Å². The summed E-state index contributed by atoms with van der Waals surface area (Å²) in [6.45, 7) is 0. The fourth-order valence-electron chi connectivity index (χ4n) is 2.07. The van der Waals surface area contributed by atoms with E-state index >= 15 is 0 Å². The van der Waals surface area contributed by atoms with Crippen LogP contribution in [0.2, 0.25) is 10.0 Å². The minimum atomic E-state index is -3.03. The average molecular weight is 397 g/mol. The zero-order valence-electron chi connectivity index (χ0n) is 12.3. The van der Waals surface area contributed by atoms with Gasteiger partial charge in [0.05, 0.1) is 23.4 Å². The van der Waals surface area contributed by atoms with Crippen LogP contribution in [-0.2, 0) is 0 Å². The molecule has 2 aromatic rings. The Morgan fingerprint density at radius 1 is 1.36 bits per heavy atom. The molecule has 2 rings (SSSR count). The fourth-order valence-corrected chi connectivity index (χ4v) is 2.64. The Kier molecular flexibility index (Phi) is 5.48. The van der Waals surface area contributed by atoms with E-state index in [0.717, 1.165) is 13.3 Å². The predicted octanol–water partition coefficient (Wildman–Crippen LogP) is 4.78. The van der Waals surface area contributed by atoms with Gasteiger partial charge in [0, 0.05) is 17.3 Å². The number of halogens is 5. The van der Waals surface area contributed by atoms with Crippen LogP contribution in [0, 0.1) is 5.82 Å². The molecule has 0 unspecified atom stereocenters. The molecule has 25 heavy (non-hydrogen) atoms. The second kappa shape index (κ2) is 7.24. The van der Waals surface area contributed by atoms with Crippen molar-refractivity contribution in [1.82, 2.24) is 4.98 Å². The second-order valence-corrected chi connectivity index (χ2v) is 5.30. The molecule has 0 aliphatic rings. The van der Waals surface area contributed by atoms with Gasteiger partial charge in [-0.15, -0.1) is 0 Å². The summed E-state index contributed by atoms with van der Waals surface area (Å²) in [5.74, 6) is -2.07. The third kappa shape index (κ3) is 3.52. The SMILES string of the molecule is COc1c(C(F)F)cc(F)c(-c2cnc(OC(=O)O)c(Cl)c2N)c1Cl. The molecule has 0 spiro atoms. The second-order valence-electron chi connectivity index (χ2n) is 4.54. The number of hydrogen-bond acceptors (Lipinski definition) is 5. The van der Waals surface area contributed by atoms with Gasteiger partial charge >= 0.3 is 6.16 Å². The predicted molar refractivity (Wildman–Crippen MR) is 84.2 cm³/mol. The van der Waals surface area contributed by atoms with Crippen LogP contribution in [-0.4, -0.2) is 23.4 Å². The number of nitrogens with zero attached hydrogens (tertiary/aromatic N) is 1. The lowest BCUT2D eigenvalue weighted by Gasteiger charge is -2.16. The van der Waals surface area contributed by atoms with Gasteiger partial charge in [-0.1, -0.05) is 23.2 Å². The van der Waals surface area contributed by atoms with Gasteiger partial charge in [-0.3, -0.25) is 0 Å². The first-order valence-electron chi connectivity index (χ1n) is 6.38. The van der Waals surface area contributed by atoms with Gasteiger partial charge in [0.1, 0.15) is 16.6 Å². The number of methoxy groups -OCH3 is 1. The normalized spacial score (nSPS) is 10.8. The van der Waals surface area contributed by atoms with Crippen molar-refractivity contribution >= 4 is 35.0 Å². The first kappa shape index (κ1) is 18.9. The van der Waals surface area contributed by atoms with E-state index in [4.69, 9.17) is 38.8 Å². The van der Waals surface area contributed by atoms with Gasteiger partial charge in [0.2, 0.25) is 5.88 Å². The van der Waals surface area contributed by atoms with E-state index in [1.807, 2.05) is 0 Å². The Labute approximate surface area is 148 Å². The summed E-state index contributed by atoms with van der Waals surface area (Å²) in [5.41, 5.74) is 4.19. The summed E-state index contributed by atoms with van der Waals surface area (Å²) in [4.78, 5) is 14.2. The third-order valence-corrected chi connectivity index (χ3v) is 3.85.